The first-order valence-corrected chi connectivity index (χ1v) is 6.27. The second-order valence-electron chi connectivity index (χ2n) is 3.12. The van der Waals surface area contributed by atoms with Crippen LogP contribution in [0.3, 0.4) is 0 Å². The maximum atomic E-state index is 14.0. The number of benzene rings is 1. The van der Waals surface area contributed by atoms with Crippen molar-refractivity contribution in [3.05, 3.63) is 40.4 Å². The van der Waals surface area contributed by atoms with E-state index in [4.69, 9.17) is 15.4 Å². The standard InChI is InChI=1S/C10H7BrFN3O2S/c11-7-5(9(13)15-16)1-2-6(8(7)12)18-10-14-3-4-17-10/h1-4,16H,(H2,13,15). The molecule has 0 atom stereocenters. The lowest BCUT2D eigenvalue weighted by Crippen LogP contribution is -2.14. The molecule has 0 fully saturated rings. The molecule has 0 saturated carbocycles. The van der Waals surface area contributed by atoms with Crippen molar-refractivity contribution < 1.29 is 14.0 Å². The minimum Gasteiger partial charge on any atom is -0.440 e. The van der Waals surface area contributed by atoms with E-state index in [-0.39, 0.29) is 15.9 Å². The fourth-order valence-corrected chi connectivity index (χ4v) is 2.63. The Bertz CT molecular complexity index is 589. The van der Waals surface area contributed by atoms with Gasteiger partial charge in [0.2, 0.25) is 0 Å². The number of amidine groups is 1. The number of hydrogen-bond donors (Lipinski definition) is 2. The van der Waals surface area contributed by atoms with Crippen molar-refractivity contribution >= 4 is 33.5 Å². The van der Waals surface area contributed by atoms with Crippen molar-refractivity contribution in [1.82, 2.24) is 4.98 Å². The van der Waals surface area contributed by atoms with Crippen molar-refractivity contribution in [2.24, 2.45) is 10.9 Å². The molecule has 1 aromatic carbocycles. The molecule has 0 unspecified atom stereocenters. The van der Waals surface area contributed by atoms with Crippen molar-refractivity contribution in [3.8, 4) is 0 Å². The van der Waals surface area contributed by atoms with Gasteiger partial charge in [0.1, 0.15) is 6.26 Å². The summed E-state index contributed by atoms with van der Waals surface area (Å²) in [6.07, 6.45) is 2.88. The Morgan fingerprint density at radius 3 is 2.94 bits per heavy atom. The molecule has 0 bridgehead atoms. The van der Waals surface area contributed by atoms with Gasteiger partial charge in [0.25, 0.3) is 5.22 Å². The molecule has 0 aliphatic heterocycles. The quantitative estimate of drug-likeness (QED) is 0.391. The largest absolute Gasteiger partial charge is 0.440 e. The van der Waals surface area contributed by atoms with Gasteiger partial charge in [0.15, 0.2) is 11.7 Å². The van der Waals surface area contributed by atoms with Gasteiger partial charge in [-0.1, -0.05) is 5.16 Å². The summed E-state index contributed by atoms with van der Waals surface area (Å²) in [4.78, 5) is 4.20. The van der Waals surface area contributed by atoms with Gasteiger partial charge in [-0.3, -0.25) is 0 Å². The van der Waals surface area contributed by atoms with Crippen LogP contribution in [-0.4, -0.2) is 16.0 Å². The minimum absolute atomic E-state index is 0.120. The molecule has 8 heteroatoms. The summed E-state index contributed by atoms with van der Waals surface area (Å²) in [5.41, 5.74) is 5.69. The van der Waals surface area contributed by atoms with Gasteiger partial charge >= 0.3 is 0 Å². The van der Waals surface area contributed by atoms with Gasteiger partial charge in [-0.05, 0) is 39.8 Å². The molecule has 5 nitrogen and oxygen atoms in total. The van der Waals surface area contributed by atoms with E-state index >= 15 is 0 Å². The predicted molar refractivity (Wildman–Crippen MR) is 67.2 cm³/mol. The molecule has 18 heavy (non-hydrogen) atoms. The van der Waals surface area contributed by atoms with Crippen LogP contribution < -0.4 is 5.73 Å². The molecule has 2 aromatic rings. The summed E-state index contributed by atoms with van der Waals surface area (Å²) >= 11 is 4.10. The van der Waals surface area contributed by atoms with Gasteiger partial charge in [-0.2, -0.15) is 0 Å². The number of oxazole rings is 1. The highest BCUT2D eigenvalue weighted by molar-refractivity contribution is 9.10. The molecular formula is C10H7BrFN3O2S. The minimum atomic E-state index is -0.526. The van der Waals surface area contributed by atoms with Gasteiger partial charge in [-0.25, -0.2) is 9.37 Å². The third-order valence-electron chi connectivity index (χ3n) is 2.04. The van der Waals surface area contributed by atoms with E-state index in [1.165, 1.54) is 24.6 Å². The second-order valence-corrected chi connectivity index (χ2v) is 4.91. The molecule has 94 valence electrons. The van der Waals surface area contributed by atoms with Crippen LogP contribution in [0, 0.1) is 5.82 Å². The van der Waals surface area contributed by atoms with Crippen molar-refractivity contribution in [2.75, 3.05) is 0 Å². The number of oxime groups is 1. The highest BCUT2D eigenvalue weighted by Gasteiger charge is 2.16. The Labute approximate surface area is 114 Å². The lowest BCUT2D eigenvalue weighted by atomic mass is 10.2. The van der Waals surface area contributed by atoms with Gasteiger partial charge in [-0.15, -0.1) is 0 Å². The highest BCUT2D eigenvalue weighted by atomic mass is 79.9. The Hall–Kier alpha value is -1.54. The fourth-order valence-electron chi connectivity index (χ4n) is 1.22. The third kappa shape index (κ3) is 2.49. The average molecular weight is 332 g/mol. The SMILES string of the molecule is N/C(=N/O)c1ccc(Sc2ncco2)c(F)c1Br. The highest BCUT2D eigenvalue weighted by Crippen LogP contribution is 2.33. The predicted octanol–water partition coefficient (Wildman–Crippen LogP) is 2.82. The Morgan fingerprint density at radius 2 is 2.33 bits per heavy atom. The lowest BCUT2D eigenvalue weighted by molar-refractivity contribution is 0.318. The van der Waals surface area contributed by atoms with Crippen LogP contribution in [0.4, 0.5) is 4.39 Å². The zero-order chi connectivity index (χ0) is 13.1. The molecule has 0 aliphatic rings. The van der Waals surface area contributed by atoms with Crippen LogP contribution >= 0.6 is 27.7 Å². The average Bonchev–Trinajstić information content (AvgIpc) is 2.87. The normalized spacial score (nSPS) is 11.8. The third-order valence-corrected chi connectivity index (χ3v) is 3.72. The van der Waals surface area contributed by atoms with Crippen LogP contribution in [0.2, 0.25) is 0 Å². The number of nitrogens with two attached hydrogens (primary N) is 1. The lowest BCUT2D eigenvalue weighted by Gasteiger charge is -2.06. The maximum absolute atomic E-state index is 14.0. The monoisotopic (exact) mass is 331 g/mol. The second kappa shape index (κ2) is 5.40. The number of rotatable bonds is 3. The summed E-state index contributed by atoms with van der Waals surface area (Å²) < 4.78 is 19.2. The topological polar surface area (TPSA) is 84.6 Å². The Balaban J connectivity index is 2.38. The van der Waals surface area contributed by atoms with Crippen molar-refractivity contribution in [1.29, 1.82) is 0 Å². The summed E-state index contributed by atoms with van der Waals surface area (Å²) in [5, 5.41) is 11.7. The van der Waals surface area contributed by atoms with Gasteiger partial charge in [0, 0.05) is 5.56 Å². The van der Waals surface area contributed by atoms with Gasteiger partial charge in [0.05, 0.1) is 15.6 Å². The zero-order valence-electron chi connectivity index (χ0n) is 8.80. The molecule has 0 radical (unpaired) electrons. The first kappa shape index (κ1) is 12.9. The summed E-state index contributed by atoms with van der Waals surface area (Å²) in [5.74, 6) is -0.698. The smallest absolute Gasteiger partial charge is 0.260 e. The van der Waals surface area contributed by atoms with E-state index < -0.39 is 5.82 Å². The number of aromatic nitrogens is 1. The Morgan fingerprint density at radius 1 is 1.56 bits per heavy atom. The number of hydrogen-bond acceptors (Lipinski definition) is 5. The van der Waals surface area contributed by atoms with Gasteiger partial charge < -0.3 is 15.4 Å². The molecule has 0 spiro atoms. The van der Waals surface area contributed by atoms with Crippen molar-refractivity contribution in [3.63, 3.8) is 0 Å². The summed E-state index contributed by atoms with van der Waals surface area (Å²) in [7, 11) is 0. The molecule has 1 aromatic heterocycles. The summed E-state index contributed by atoms with van der Waals surface area (Å²) in [6.45, 7) is 0. The van der Waals surface area contributed by atoms with Crippen LogP contribution in [0.15, 0.2) is 48.8 Å². The zero-order valence-corrected chi connectivity index (χ0v) is 11.2. The van der Waals surface area contributed by atoms with E-state index in [0.717, 1.165) is 11.8 Å². The molecule has 2 rings (SSSR count). The fraction of sp³-hybridized carbons (Fsp3) is 0. The molecule has 1 heterocycles. The van der Waals surface area contributed by atoms with Crippen LogP contribution in [-0.2, 0) is 0 Å². The van der Waals surface area contributed by atoms with Crippen LogP contribution in [0.25, 0.3) is 0 Å². The maximum Gasteiger partial charge on any atom is 0.260 e. The first-order valence-electron chi connectivity index (χ1n) is 4.66. The molecule has 3 N–H and O–H groups in total. The number of halogens is 2. The molecule has 0 aliphatic carbocycles. The van der Waals surface area contributed by atoms with Crippen molar-refractivity contribution in [2.45, 2.75) is 10.1 Å². The summed E-state index contributed by atoms with van der Waals surface area (Å²) in [6, 6.07) is 3.04. The van der Waals surface area contributed by atoms with E-state index in [1.54, 1.807) is 0 Å². The van der Waals surface area contributed by atoms with Crippen LogP contribution in [0.5, 0.6) is 0 Å². The molecule has 0 saturated heterocycles. The van der Waals surface area contributed by atoms with E-state index in [9.17, 15) is 4.39 Å². The van der Waals surface area contributed by atoms with E-state index in [1.807, 2.05) is 0 Å². The number of nitrogens with zero attached hydrogens (tertiary/aromatic N) is 2. The Kier molecular flexibility index (Phi) is 3.87. The molecule has 0 amide bonds. The van der Waals surface area contributed by atoms with E-state index in [2.05, 4.69) is 26.1 Å². The molecular weight excluding hydrogens is 325 g/mol. The van der Waals surface area contributed by atoms with Crippen LogP contribution in [0.1, 0.15) is 5.56 Å². The first-order chi connectivity index (χ1) is 8.63. The van der Waals surface area contributed by atoms with E-state index in [0.29, 0.717) is 10.1 Å².